The second-order valence-electron chi connectivity index (χ2n) is 4.71. The van der Waals surface area contributed by atoms with E-state index in [9.17, 15) is 13.2 Å². The third kappa shape index (κ3) is 4.61. The lowest BCUT2D eigenvalue weighted by molar-refractivity contribution is -0.141. The second-order valence-corrected chi connectivity index (χ2v) is 6.76. The van der Waals surface area contributed by atoms with Gasteiger partial charge in [0.15, 0.2) is 0 Å². The Morgan fingerprint density at radius 3 is 2.40 bits per heavy atom. The van der Waals surface area contributed by atoms with E-state index in [0.29, 0.717) is 6.42 Å². The number of nitrogens with zero attached hydrogens (tertiary/aromatic N) is 1. The zero-order valence-corrected chi connectivity index (χ0v) is 12.6. The van der Waals surface area contributed by atoms with E-state index in [1.165, 1.54) is 6.92 Å². The molecule has 0 aliphatic rings. The van der Waals surface area contributed by atoms with Gasteiger partial charge in [-0.15, -0.1) is 0 Å². The molecular formula is C14H21NO4S. The van der Waals surface area contributed by atoms with Crippen molar-refractivity contribution < 1.29 is 18.3 Å². The SMILES string of the molecule is CCCCS(=O)(=O)N(Cc1ccccc1)C(C)C(=O)O. The largest absolute Gasteiger partial charge is 0.480 e. The van der Waals surface area contributed by atoms with Crippen molar-refractivity contribution in [2.45, 2.75) is 39.3 Å². The van der Waals surface area contributed by atoms with Crippen LogP contribution in [-0.4, -0.2) is 35.6 Å². The van der Waals surface area contributed by atoms with Crippen molar-refractivity contribution >= 4 is 16.0 Å². The summed E-state index contributed by atoms with van der Waals surface area (Å²) in [6.45, 7) is 3.38. The number of unbranched alkanes of at least 4 members (excludes halogenated alkanes) is 1. The maximum absolute atomic E-state index is 12.3. The quantitative estimate of drug-likeness (QED) is 0.797. The molecule has 0 heterocycles. The average Bonchev–Trinajstić information content (AvgIpc) is 2.42. The van der Waals surface area contributed by atoms with E-state index in [2.05, 4.69) is 0 Å². The molecule has 0 amide bonds. The van der Waals surface area contributed by atoms with E-state index in [4.69, 9.17) is 5.11 Å². The molecule has 0 aromatic heterocycles. The third-order valence-electron chi connectivity index (χ3n) is 3.08. The number of rotatable bonds is 8. The molecule has 0 aliphatic heterocycles. The molecule has 0 radical (unpaired) electrons. The number of hydrogen-bond donors (Lipinski definition) is 1. The van der Waals surface area contributed by atoms with Gasteiger partial charge in [0.25, 0.3) is 0 Å². The fourth-order valence-electron chi connectivity index (χ4n) is 1.81. The lowest BCUT2D eigenvalue weighted by Gasteiger charge is -2.25. The van der Waals surface area contributed by atoms with Crippen LogP contribution in [-0.2, 0) is 21.4 Å². The van der Waals surface area contributed by atoms with Crippen LogP contribution in [0.2, 0.25) is 0 Å². The van der Waals surface area contributed by atoms with Gasteiger partial charge in [-0.2, -0.15) is 4.31 Å². The highest BCUT2D eigenvalue weighted by atomic mass is 32.2. The second kappa shape index (κ2) is 7.40. The number of hydrogen-bond acceptors (Lipinski definition) is 3. The predicted octanol–water partition coefficient (Wildman–Crippen LogP) is 2.09. The smallest absolute Gasteiger partial charge is 0.321 e. The standard InChI is InChI=1S/C14H21NO4S/c1-3-4-10-20(18,19)15(12(2)14(16)17)11-13-8-6-5-7-9-13/h5-9,12H,3-4,10-11H2,1-2H3,(H,16,17). The van der Waals surface area contributed by atoms with Gasteiger partial charge in [-0.05, 0) is 18.9 Å². The molecule has 1 rings (SSSR count). The van der Waals surface area contributed by atoms with Crippen LogP contribution >= 0.6 is 0 Å². The number of carboxylic acids is 1. The van der Waals surface area contributed by atoms with Crippen LogP contribution in [0.25, 0.3) is 0 Å². The topological polar surface area (TPSA) is 74.7 Å². The Bertz CT molecular complexity index is 527. The Labute approximate surface area is 120 Å². The summed E-state index contributed by atoms with van der Waals surface area (Å²) < 4.78 is 25.7. The van der Waals surface area contributed by atoms with E-state index < -0.39 is 22.0 Å². The number of carbonyl (C=O) groups is 1. The first-order chi connectivity index (χ1) is 9.38. The summed E-state index contributed by atoms with van der Waals surface area (Å²) in [4.78, 5) is 11.1. The predicted molar refractivity (Wildman–Crippen MR) is 77.8 cm³/mol. The Morgan fingerprint density at radius 1 is 1.30 bits per heavy atom. The summed E-state index contributed by atoms with van der Waals surface area (Å²) in [5.74, 6) is -1.16. The molecule has 5 nitrogen and oxygen atoms in total. The first-order valence-corrected chi connectivity index (χ1v) is 8.25. The highest BCUT2D eigenvalue weighted by Gasteiger charge is 2.31. The summed E-state index contributed by atoms with van der Waals surface area (Å²) in [5, 5.41) is 9.11. The van der Waals surface area contributed by atoms with Crippen molar-refractivity contribution in [3.05, 3.63) is 35.9 Å². The van der Waals surface area contributed by atoms with Crippen LogP contribution in [0.5, 0.6) is 0 Å². The maximum atomic E-state index is 12.3. The van der Waals surface area contributed by atoms with Crippen LogP contribution in [0, 0.1) is 0 Å². The van der Waals surface area contributed by atoms with Crippen molar-refractivity contribution in [1.82, 2.24) is 4.31 Å². The van der Waals surface area contributed by atoms with Gasteiger partial charge in [-0.25, -0.2) is 8.42 Å². The molecule has 1 atom stereocenters. The normalized spacial score (nSPS) is 13.3. The van der Waals surface area contributed by atoms with Crippen molar-refractivity contribution in [1.29, 1.82) is 0 Å². The van der Waals surface area contributed by atoms with Gasteiger partial charge in [0.2, 0.25) is 10.0 Å². The Hall–Kier alpha value is -1.40. The lowest BCUT2D eigenvalue weighted by atomic mass is 10.2. The van der Waals surface area contributed by atoms with Crippen LogP contribution in [0.4, 0.5) is 0 Å². The molecule has 0 bridgehead atoms. The molecule has 0 saturated carbocycles. The molecule has 1 unspecified atom stereocenters. The molecule has 1 aromatic rings. The molecule has 0 saturated heterocycles. The summed E-state index contributed by atoms with van der Waals surface area (Å²) >= 11 is 0. The van der Waals surface area contributed by atoms with Crippen molar-refractivity contribution in [3.63, 3.8) is 0 Å². The van der Waals surface area contributed by atoms with Crippen LogP contribution < -0.4 is 0 Å². The molecular weight excluding hydrogens is 278 g/mol. The lowest BCUT2D eigenvalue weighted by Crippen LogP contribution is -2.43. The van der Waals surface area contributed by atoms with E-state index in [1.54, 1.807) is 24.3 Å². The highest BCUT2D eigenvalue weighted by molar-refractivity contribution is 7.89. The monoisotopic (exact) mass is 299 g/mol. The molecule has 0 aliphatic carbocycles. The molecule has 112 valence electrons. The Morgan fingerprint density at radius 2 is 1.90 bits per heavy atom. The summed E-state index contributed by atoms with van der Waals surface area (Å²) in [6.07, 6.45) is 1.28. The molecule has 20 heavy (non-hydrogen) atoms. The molecule has 1 aromatic carbocycles. The van der Waals surface area contributed by atoms with Crippen molar-refractivity contribution in [2.75, 3.05) is 5.75 Å². The minimum absolute atomic E-state index is 0.0199. The first kappa shape index (κ1) is 16.7. The van der Waals surface area contributed by atoms with E-state index in [1.807, 2.05) is 13.0 Å². The minimum atomic E-state index is -3.57. The summed E-state index contributed by atoms with van der Waals surface area (Å²) in [6, 6.07) is 7.94. The fraction of sp³-hybridized carbons (Fsp3) is 0.500. The summed E-state index contributed by atoms with van der Waals surface area (Å²) in [5.41, 5.74) is 0.778. The van der Waals surface area contributed by atoms with Crippen LogP contribution in [0.3, 0.4) is 0 Å². The number of sulfonamides is 1. The average molecular weight is 299 g/mol. The molecule has 6 heteroatoms. The van der Waals surface area contributed by atoms with Crippen LogP contribution in [0.1, 0.15) is 32.3 Å². The van der Waals surface area contributed by atoms with Gasteiger partial charge in [-0.3, -0.25) is 4.79 Å². The minimum Gasteiger partial charge on any atom is -0.480 e. The third-order valence-corrected chi connectivity index (χ3v) is 5.05. The van der Waals surface area contributed by atoms with Crippen molar-refractivity contribution in [2.24, 2.45) is 0 Å². The number of benzene rings is 1. The van der Waals surface area contributed by atoms with Gasteiger partial charge in [0.05, 0.1) is 5.75 Å². The Balaban J connectivity index is 3.00. The van der Waals surface area contributed by atoms with E-state index in [0.717, 1.165) is 16.3 Å². The van der Waals surface area contributed by atoms with Crippen LogP contribution in [0.15, 0.2) is 30.3 Å². The molecule has 1 N–H and O–H groups in total. The van der Waals surface area contributed by atoms with Gasteiger partial charge in [-0.1, -0.05) is 43.7 Å². The number of carboxylic acid groups (broad SMARTS) is 1. The number of aliphatic carboxylic acids is 1. The van der Waals surface area contributed by atoms with Gasteiger partial charge in [0, 0.05) is 6.54 Å². The van der Waals surface area contributed by atoms with E-state index in [-0.39, 0.29) is 12.3 Å². The zero-order valence-electron chi connectivity index (χ0n) is 11.8. The molecule has 0 fully saturated rings. The van der Waals surface area contributed by atoms with E-state index >= 15 is 0 Å². The van der Waals surface area contributed by atoms with Gasteiger partial charge < -0.3 is 5.11 Å². The Kier molecular flexibility index (Phi) is 6.16. The first-order valence-electron chi connectivity index (χ1n) is 6.64. The zero-order chi connectivity index (χ0) is 15.2. The molecule has 0 spiro atoms. The van der Waals surface area contributed by atoms with Gasteiger partial charge >= 0.3 is 5.97 Å². The maximum Gasteiger partial charge on any atom is 0.321 e. The summed E-state index contributed by atoms with van der Waals surface area (Å²) in [7, 11) is -3.57. The highest BCUT2D eigenvalue weighted by Crippen LogP contribution is 2.15. The fourth-order valence-corrected chi connectivity index (χ4v) is 3.61. The van der Waals surface area contributed by atoms with Crippen molar-refractivity contribution in [3.8, 4) is 0 Å². The van der Waals surface area contributed by atoms with Gasteiger partial charge in [0.1, 0.15) is 6.04 Å².